The highest BCUT2D eigenvalue weighted by Crippen LogP contribution is 2.21. The third-order valence-corrected chi connectivity index (χ3v) is 4.66. The van der Waals surface area contributed by atoms with Gasteiger partial charge in [-0.05, 0) is 49.7 Å². The van der Waals surface area contributed by atoms with Crippen molar-refractivity contribution in [1.82, 2.24) is 4.90 Å². The highest BCUT2D eigenvalue weighted by atomic mass is 16.5. The second-order valence-corrected chi connectivity index (χ2v) is 8.03. The number of Topliss-reactive ketones (excluding diaryl/α,β-unsaturated/α-hetero) is 1. The molecule has 2 aromatic carbocycles. The zero-order valence-corrected chi connectivity index (χ0v) is 19.1. The zero-order chi connectivity index (χ0) is 23.5. The summed E-state index contributed by atoms with van der Waals surface area (Å²) in [7, 11) is 4.08. The highest BCUT2D eigenvalue weighted by molar-refractivity contribution is 5.95. The molecule has 0 spiro atoms. The summed E-state index contributed by atoms with van der Waals surface area (Å²) in [5.74, 6) is -1.28. The van der Waals surface area contributed by atoms with Gasteiger partial charge >= 0.3 is 11.9 Å². The summed E-state index contributed by atoms with van der Waals surface area (Å²) in [6, 6.07) is 16.2. The lowest BCUT2D eigenvalue weighted by molar-refractivity contribution is -0.147. The van der Waals surface area contributed by atoms with E-state index in [1.807, 2.05) is 38.4 Å². The lowest BCUT2D eigenvalue weighted by Gasteiger charge is -2.10. The van der Waals surface area contributed by atoms with Gasteiger partial charge in [0, 0.05) is 18.5 Å². The summed E-state index contributed by atoms with van der Waals surface area (Å²) in [6.45, 7) is 6.17. The molecule has 0 saturated heterocycles. The van der Waals surface area contributed by atoms with Crippen molar-refractivity contribution in [3.8, 4) is 11.1 Å². The van der Waals surface area contributed by atoms with E-state index in [0.29, 0.717) is 12.0 Å². The Bertz CT molecular complexity index is 930. The van der Waals surface area contributed by atoms with E-state index in [2.05, 4.69) is 35.7 Å². The molecule has 0 fully saturated rings. The quantitative estimate of drug-likeness (QED) is 0.213. The summed E-state index contributed by atoms with van der Waals surface area (Å²) in [6.07, 6.45) is 0.231. The third kappa shape index (κ3) is 8.86. The molecule has 0 unspecified atom stereocenters. The van der Waals surface area contributed by atoms with Crippen LogP contribution in [0.3, 0.4) is 0 Å². The lowest BCUT2D eigenvalue weighted by Crippen LogP contribution is -2.12. The molecule has 0 N–H and O–H groups in total. The van der Waals surface area contributed by atoms with E-state index in [9.17, 15) is 14.4 Å². The Hall–Kier alpha value is -3.25. The molecule has 170 valence electrons. The molecule has 0 aliphatic carbocycles. The topological polar surface area (TPSA) is 72.9 Å². The first-order valence-corrected chi connectivity index (χ1v) is 10.6. The molecule has 0 heterocycles. The molecular weight excluding hydrogens is 406 g/mol. The van der Waals surface area contributed by atoms with Gasteiger partial charge < -0.3 is 14.4 Å². The van der Waals surface area contributed by atoms with E-state index in [4.69, 9.17) is 9.47 Å². The summed E-state index contributed by atoms with van der Waals surface area (Å²) in [5.41, 5.74) is 4.62. The van der Waals surface area contributed by atoms with Gasteiger partial charge in [-0.3, -0.25) is 9.59 Å². The molecule has 0 aliphatic heterocycles. The predicted octanol–water partition coefficient (Wildman–Crippen LogP) is 4.32. The molecule has 0 saturated carbocycles. The van der Waals surface area contributed by atoms with Crippen LogP contribution in [-0.2, 0) is 37.0 Å². The van der Waals surface area contributed by atoms with Crippen LogP contribution >= 0.6 is 0 Å². The number of ketones is 1. The van der Waals surface area contributed by atoms with E-state index in [-0.39, 0.29) is 31.8 Å². The van der Waals surface area contributed by atoms with Crippen LogP contribution in [0.4, 0.5) is 0 Å². The van der Waals surface area contributed by atoms with Gasteiger partial charge in [0.1, 0.15) is 18.8 Å². The maximum Gasteiger partial charge on any atom is 0.333 e. The minimum atomic E-state index is -0.561. The molecule has 6 nitrogen and oxygen atoms in total. The van der Waals surface area contributed by atoms with Crippen LogP contribution in [0.5, 0.6) is 0 Å². The van der Waals surface area contributed by atoms with Gasteiger partial charge in [-0.15, -0.1) is 0 Å². The number of rotatable bonds is 12. The molecule has 0 bridgehead atoms. The van der Waals surface area contributed by atoms with Gasteiger partial charge in [-0.25, -0.2) is 4.79 Å². The number of carbonyl (C=O) groups is 3. The smallest absolute Gasteiger partial charge is 0.333 e. The zero-order valence-electron chi connectivity index (χ0n) is 19.1. The summed E-state index contributed by atoms with van der Waals surface area (Å²) in [5, 5.41) is 0. The molecule has 0 amide bonds. The van der Waals surface area contributed by atoms with Gasteiger partial charge in [-0.2, -0.15) is 0 Å². The van der Waals surface area contributed by atoms with Gasteiger partial charge in [0.2, 0.25) is 0 Å². The van der Waals surface area contributed by atoms with Gasteiger partial charge in [0.05, 0.1) is 6.61 Å². The Morgan fingerprint density at radius 2 is 1.44 bits per heavy atom. The van der Waals surface area contributed by atoms with Crippen LogP contribution in [0.25, 0.3) is 11.1 Å². The number of hydrogen-bond donors (Lipinski definition) is 0. The Balaban J connectivity index is 1.73. The SMILES string of the molecule is C=C(C)C(=O)OCCCC(=O)CC(=O)OCc1ccc(-c2ccc(CN(C)C)cc2)cc1. The van der Waals surface area contributed by atoms with Crippen LogP contribution in [0.2, 0.25) is 0 Å². The van der Waals surface area contributed by atoms with Crippen molar-refractivity contribution in [3.63, 3.8) is 0 Å². The maximum absolute atomic E-state index is 11.9. The molecule has 2 rings (SSSR count). The molecule has 0 radical (unpaired) electrons. The fourth-order valence-electron chi connectivity index (χ4n) is 2.98. The van der Waals surface area contributed by atoms with Crippen LogP contribution in [0.1, 0.15) is 37.3 Å². The first-order chi connectivity index (χ1) is 15.2. The molecule has 0 atom stereocenters. The molecular formula is C26H31NO5. The Morgan fingerprint density at radius 3 is 1.97 bits per heavy atom. The van der Waals surface area contributed by atoms with E-state index in [1.54, 1.807) is 6.92 Å². The Labute approximate surface area is 189 Å². The predicted molar refractivity (Wildman–Crippen MR) is 124 cm³/mol. The van der Waals surface area contributed by atoms with Crippen molar-refractivity contribution in [1.29, 1.82) is 0 Å². The maximum atomic E-state index is 11.9. The van der Waals surface area contributed by atoms with Crippen molar-refractivity contribution in [3.05, 3.63) is 71.8 Å². The number of esters is 2. The van der Waals surface area contributed by atoms with Crippen molar-refractivity contribution in [2.24, 2.45) is 0 Å². The standard InChI is InChI=1S/C26H31NO5/c1-19(2)26(30)31-15-5-6-24(28)16-25(29)32-18-21-9-13-23(14-10-21)22-11-7-20(8-12-22)17-27(3)4/h7-14H,1,5-6,15-18H2,2-4H3. The van der Waals surface area contributed by atoms with E-state index >= 15 is 0 Å². The van der Waals surface area contributed by atoms with E-state index < -0.39 is 11.9 Å². The molecule has 32 heavy (non-hydrogen) atoms. The number of ether oxygens (including phenoxy) is 2. The Morgan fingerprint density at radius 1 is 0.875 bits per heavy atom. The number of benzene rings is 2. The van der Waals surface area contributed by atoms with Crippen LogP contribution in [-0.4, -0.2) is 43.3 Å². The number of hydrogen-bond acceptors (Lipinski definition) is 6. The van der Waals surface area contributed by atoms with Crippen molar-refractivity contribution in [2.45, 2.75) is 39.3 Å². The molecule has 0 aromatic heterocycles. The fourth-order valence-corrected chi connectivity index (χ4v) is 2.98. The summed E-state index contributed by atoms with van der Waals surface area (Å²) >= 11 is 0. The molecule has 2 aromatic rings. The van der Waals surface area contributed by atoms with Crippen LogP contribution in [0, 0.1) is 0 Å². The minimum Gasteiger partial charge on any atom is -0.462 e. The average Bonchev–Trinajstić information content (AvgIpc) is 2.75. The lowest BCUT2D eigenvalue weighted by atomic mass is 10.0. The fraction of sp³-hybridized carbons (Fsp3) is 0.346. The first kappa shape index (κ1) is 25.0. The largest absolute Gasteiger partial charge is 0.462 e. The van der Waals surface area contributed by atoms with Crippen molar-refractivity contribution < 1.29 is 23.9 Å². The van der Waals surface area contributed by atoms with Gasteiger partial charge in [0.15, 0.2) is 0 Å². The summed E-state index contributed by atoms with van der Waals surface area (Å²) < 4.78 is 10.1. The van der Waals surface area contributed by atoms with Gasteiger partial charge in [0.25, 0.3) is 0 Å². The summed E-state index contributed by atoms with van der Waals surface area (Å²) in [4.78, 5) is 37.2. The monoisotopic (exact) mass is 437 g/mol. The number of carbonyl (C=O) groups excluding carboxylic acids is 3. The van der Waals surface area contributed by atoms with Gasteiger partial charge in [-0.1, -0.05) is 55.1 Å². The normalized spacial score (nSPS) is 10.6. The minimum absolute atomic E-state index is 0.115. The third-order valence-electron chi connectivity index (χ3n) is 4.66. The first-order valence-electron chi connectivity index (χ1n) is 10.6. The second-order valence-electron chi connectivity index (χ2n) is 8.03. The van der Waals surface area contributed by atoms with Crippen molar-refractivity contribution >= 4 is 17.7 Å². The second kappa shape index (κ2) is 12.6. The Kier molecular flexibility index (Phi) is 9.82. The van der Waals surface area contributed by atoms with Crippen LogP contribution < -0.4 is 0 Å². The highest BCUT2D eigenvalue weighted by Gasteiger charge is 2.12. The molecule has 6 heteroatoms. The van der Waals surface area contributed by atoms with Crippen LogP contribution in [0.15, 0.2) is 60.7 Å². The average molecular weight is 438 g/mol. The van der Waals surface area contributed by atoms with E-state index in [1.165, 1.54) is 5.56 Å². The van der Waals surface area contributed by atoms with Crippen molar-refractivity contribution in [2.75, 3.05) is 20.7 Å². The number of nitrogens with zero attached hydrogens (tertiary/aromatic N) is 1. The van der Waals surface area contributed by atoms with E-state index in [0.717, 1.165) is 23.2 Å². The molecule has 0 aliphatic rings.